The van der Waals surface area contributed by atoms with E-state index >= 15 is 0 Å². The number of fused-ring (bicyclic) bond motifs is 1. The average molecular weight is 354 g/mol. The molecule has 2 N–H and O–H groups in total. The summed E-state index contributed by atoms with van der Waals surface area (Å²) in [5.41, 5.74) is 3.48. The number of hydrogen-bond acceptors (Lipinski definition) is 6. The highest BCUT2D eigenvalue weighted by Crippen LogP contribution is 2.28. The summed E-state index contributed by atoms with van der Waals surface area (Å²) in [7, 11) is 1.79. The second kappa shape index (κ2) is 7.53. The molecule has 0 saturated heterocycles. The summed E-state index contributed by atoms with van der Waals surface area (Å²) in [4.78, 5) is 16.7. The molecule has 0 aliphatic carbocycles. The standard InChI is InChI=1S/C19H22N4O3/c1-4-26-19(25)15-9-20-16-6-5-12(2)7-14(16)18(15)21-10-17(24)13-8-22-23(3)11-13/h5-9,11,17,24H,4,10H2,1-3H3,(H,20,21). The van der Waals surface area contributed by atoms with Crippen molar-refractivity contribution in [1.82, 2.24) is 14.8 Å². The molecule has 26 heavy (non-hydrogen) atoms. The van der Waals surface area contributed by atoms with E-state index in [1.54, 1.807) is 31.0 Å². The minimum Gasteiger partial charge on any atom is -0.462 e. The molecule has 0 aliphatic rings. The zero-order valence-corrected chi connectivity index (χ0v) is 15.1. The Morgan fingerprint density at radius 3 is 2.88 bits per heavy atom. The quantitative estimate of drug-likeness (QED) is 0.662. The number of anilines is 1. The van der Waals surface area contributed by atoms with E-state index in [4.69, 9.17) is 4.74 Å². The smallest absolute Gasteiger partial charge is 0.341 e. The van der Waals surface area contributed by atoms with Gasteiger partial charge in [0.1, 0.15) is 5.56 Å². The summed E-state index contributed by atoms with van der Waals surface area (Å²) in [5.74, 6) is -0.443. The Morgan fingerprint density at radius 2 is 2.19 bits per heavy atom. The number of nitrogens with one attached hydrogen (secondary N) is 1. The third-order valence-electron chi connectivity index (χ3n) is 4.10. The van der Waals surface area contributed by atoms with Gasteiger partial charge < -0.3 is 15.2 Å². The molecule has 0 aliphatic heterocycles. The lowest BCUT2D eigenvalue weighted by Gasteiger charge is -2.16. The number of nitrogens with zero attached hydrogens (tertiary/aromatic N) is 3. The predicted molar refractivity (Wildman–Crippen MR) is 99.1 cm³/mol. The Morgan fingerprint density at radius 1 is 1.38 bits per heavy atom. The van der Waals surface area contributed by atoms with Crippen LogP contribution < -0.4 is 5.32 Å². The van der Waals surface area contributed by atoms with Crippen molar-refractivity contribution in [2.75, 3.05) is 18.5 Å². The third-order valence-corrected chi connectivity index (χ3v) is 4.10. The number of hydrogen-bond donors (Lipinski definition) is 2. The zero-order chi connectivity index (χ0) is 18.7. The van der Waals surface area contributed by atoms with Crippen LogP contribution in [0.4, 0.5) is 5.69 Å². The maximum absolute atomic E-state index is 12.3. The van der Waals surface area contributed by atoms with Crippen LogP contribution in [0.15, 0.2) is 36.8 Å². The first-order chi connectivity index (χ1) is 12.5. The highest BCUT2D eigenvalue weighted by Gasteiger charge is 2.18. The fourth-order valence-corrected chi connectivity index (χ4v) is 2.79. The van der Waals surface area contributed by atoms with Crippen LogP contribution in [0.3, 0.4) is 0 Å². The van der Waals surface area contributed by atoms with Crippen molar-refractivity contribution in [2.24, 2.45) is 7.05 Å². The van der Waals surface area contributed by atoms with Gasteiger partial charge in [0, 0.05) is 36.9 Å². The molecule has 0 fully saturated rings. The molecule has 3 aromatic rings. The summed E-state index contributed by atoms with van der Waals surface area (Å²) >= 11 is 0. The van der Waals surface area contributed by atoms with Crippen LogP contribution in [-0.4, -0.2) is 39.0 Å². The molecule has 0 amide bonds. The molecule has 1 aromatic carbocycles. The minimum atomic E-state index is -0.758. The van der Waals surface area contributed by atoms with Crippen molar-refractivity contribution in [3.05, 3.63) is 53.5 Å². The fourth-order valence-electron chi connectivity index (χ4n) is 2.79. The van der Waals surface area contributed by atoms with Crippen LogP contribution in [0.2, 0.25) is 0 Å². The molecular weight excluding hydrogens is 332 g/mol. The molecule has 0 saturated carbocycles. The predicted octanol–water partition coefficient (Wildman–Crippen LogP) is 2.60. The minimum absolute atomic E-state index is 0.227. The molecule has 1 atom stereocenters. The first-order valence-corrected chi connectivity index (χ1v) is 8.46. The molecule has 2 heterocycles. The second-order valence-corrected chi connectivity index (χ2v) is 6.13. The molecule has 2 aromatic heterocycles. The second-order valence-electron chi connectivity index (χ2n) is 6.13. The molecule has 0 bridgehead atoms. The van der Waals surface area contributed by atoms with E-state index in [1.165, 1.54) is 6.20 Å². The van der Waals surface area contributed by atoms with Crippen LogP contribution in [0.5, 0.6) is 0 Å². The van der Waals surface area contributed by atoms with Gasteiger partial charge >= 0.3 is 5.97 Å². The number of ether oxygens (including phenoxy) is 1. The Kier molecular flexibility index (Phi) is 5.18. The van der Waals surface area contributed by atoms with E-state index in [1.807, 2.05) is 25.1 Å². The summed E-state index contributed by atoms with van der Waals surface area (Å²) in [5, 5.41) is 18.5. The van der Waals surface area contributed by atoms with Gasteiger partial charge in [-0.2, -0.15) is 5.10 Å². The van der Waals surface area contributed by atoms with E-state index in [0.29, 0.717) is 16.8 Å². The van der Waals surface area contributed by atoms with E-state index < -0.39 is 12.1 Å². The van der Waals surface area contributed by atoms with Gasteiger partial charge in [-0.25, -0.2) is 4.79 Å². The lowest BCUT2D eigenvalue weighted by molar-refractivity contribution is 0.0527. The highest BCUT2D eigenvalue weighted by atomic mass is 16.5. The van der Waals surface area contributed by atoms with Gasteiger partial charge in [0.25, 0.3) is 0 Å². The van der Waals surface area contributed by atoms with Crippen molar-refractivity contribution < 1.29 is 14.6 Å². The Bertz CT molecular complexity index is 936. The van der Waals surface area contributed by atoms with Crippen LogP contribution in [0.25, 0.3) is 10.9 Å². The molecule has 0 radical (unpaired) electrons. The van der Waals surface area contributed by atoms with Crippen molar-refractivity contribution in [3.63, 3.8) is 0 Å². The molecule has 136 valence electrons. The summed E-state index contributed by atoms with van der Waals surface area (Å²) < 4.78 is 6.78. The lowest BCUT2D eigenvalue weighted by atomic mass is 10.1. The molecule has 0 spiro atoms. The van der Waals surface area contributed by atoms with Crippen LogP contribution in [0.1, 0.15) is 34.5 Å². The SMILES string of the molecule is CCOC(=O)c1cnc2ccc(C)cc2c1NCC(O)c1cnn(C)c1. The number of aliphatic hydroxyl groups is 1. The number of aliphatic hydroxyl groups excluding tert-OH is 1. The first-order valence-electron chi connectivity index (χ1n) is 8.46. The van der Waals surface area contributed by atoms with Gasteiger partial charge in [-0.3, -0.25) is 9.67 Å². The fraction of sp³-hybridized carbons (Fsp3) is 0.316. The van der Waals surface area contributed by atoms with Crippen molar-refractivity contribution in [2.45, 2.75) is 20.0 Å². The summed E-state index contributed by atoms with van der Waals surface area (Å²) in [6.07, 6.45) is 4.13. The topological polar surface area (TPSA) is 89.3 Å². The molecule has 7 heteroatoms. The normalized spacial score (nSPS) is 12.2. The van der Waals surface area contributed by atoms with E-state index in [0.717, 1.165) is 16.5 Å². The number of aryl methyl sites for hydroxylation is 2. The van der Waals surface area contributed by atoms with E-state index in [2.05, 4.69) is 15.4 Å². The van der Waals surface area contributed by atoms with Gasteiger partial charge in [-0.15, -0.1) is 0 Å². The monoisotopic (exact) mass is 354 g/mol. The number of aromatic nitrogens is 3. The van der Waals surface area contributed by atoms with Gasteiger partial charge in [-0.1, -0.05) is 11.6 Å². The summed E-state index contributed by atoms with van der Waals surface area (Å²) in [6, 6.07) is 5.83. The van der Waals surface area contributed by atoms with E-state index in [9.17, 15) is 9.90 Å². The van der Waals surface area contributed by atoms with Gasteiger partial charge in [0.05, 0.1) is 30.1 Å². The van der Waals surface area contributed by atoms with Crippen LogP contribution in [-0.2, 0) is 11.8 Å². The van der Waals surface area contributed by atoms with Crippen LogP contribution in [0, 0.1) is 6.92 Å². The maximum Gasteiger partial charge on any atom is 0.341 e. The van der Waals surface area contributed by atoms with Gasteiger partial charge in [0.2, 0.25) is 0 Å². The largest absolute Gasteiger partial charge is 0.462 e. The Hall–Kier alpha value is -2.93. The lowest BCUT2D eigenvalue weighted by Crippen LogP contribution is -2.16. The van der Waals surface area contributed by atoms with Gasteiger partial charge in [-0.05, 0) is 26.0 Å². The third kappa shape index (κ3) is 3.67. The molecule has 7 nitrogen and oxygen atoms in total. The summed E-state index contributed by atoms with van der Waals surface area (Å²) in [6.45, 7) is 4.24. The van der Waals surface area contributed by atoms with Crippen molar-refractivity contribution in [1.29, 1.82) is 0 Å². The molecular formula is C19H22N4O3. The zero-order valence-electron chi connectivity index (χ0n) is 15.1. The number of pyridine rings is 1. The highest BCUT2D eigenvalue weighted by molar-refractivity contribution is 6.05. The average Bonchev–Trinajstić information content (AvgIpc) is 3.06. The molecule has 1 unspecified atom stereocenters. The van der Waals surface area contributed by atoms with Gasteiger partial charge in [0.15, 0.2) is 0 Å². The number of benzene rings is 1. The number of carbonyl (C=O) groups excluding carboxylic acids is 1. The van der Waals surface area contributed by atoms with Crippen molar-refractivity contribution >= 4 is 22.6 Å². The Labute approximate surface area is 151 Å². The first kappa shape index (κ1) is 17.9. The Balaban J connectivity index is 1.96. The maximum atomic E-state index is 12.3. The number of esters is 1. The van der Waals surface area contributed by atoms with E-state index in [-0.39, 0.29) is 13.2 Å². The van der Waals surface area contributed by atoms with Crippen molar-refractivity contribution in [3.8, 4) is 0 Å². The molecule has 3 rings (SSSR count). The van der Waals surface area contributed by atoms with Crippen LogP contribution >= 0.6 is 0 Å². The number of rotatable bonds is 6. The number of carbonyl (C=O) groups is 1.